The number of hydrogen-bond donors (Lipinski definition) is 2. The van der Waals surface area contributed by atoms with E-state index >= 15 is 0 Å². The molecule has 0 aliphatic heterocycles. The van der Waals surface area contributed by atoms with E-state index in [4.69, 9.17) is 16.3 Å². The Morgan fingerprint density at radius 3 is 2.76 bits per heavy atom. The van der Waals surface area contributed by atoms with Gasteiger partial charge in [-0.15, -0.1) is 0 Å². The minimum absolute atomic E-state index is 0.199. The van der Waals surface area contributed by atoms with E-state index in [1.165, 1.54) is 12.3 Å². The van der Waals surface area contributed by atoms with Crippen molar-refractivity contribution in [2.24, 2.45) is 5.10 Å². The first-order valence-corrected chi connectivity index (χ1v) is 8.05. The lowest BCUT2D eigenvalue weighted by Crippen LogP contribution is -2.34. The molecule has 2 amide bonds. The van der Waals surface area contributed by atoms with E-state index in [2.05, 4.69) is 15.8 Å². The maximum atomic E-state index is 11.9. The van der Waals surface area contributed by atoms with Gasteiger partial charge in [0.2, 0.25) is 0 Å². The van der Waals surface area contributed by atoms with Crippen LogP contribution in [0.15, 0.2) is 53.6 Å². The zero-order valence-corrected chi connectivity index (χ0v) is 14.4. The molecule has 0 radical (unpaired) electrons. The number of benzene rings is 2. The SMILES string of the molecule is CCOc1ccccc1C=NNC(=O)CNC(=O)c1cccc(Cl)c1. The van der Waals surface area contributed by atoms with Crippen molar-refractivity contribution in [1.82, 2.24) is 10.7 Å². The van der Waals surface area contributed by atoms with Crippen LogP contribution >= 0.6 is 11.6 Å². The lowest BCUT2D eigenvalue weighted by atomic mass is 10.2. The number of halogens is 1. The van der Waals surface area contributed by atoms with Crippen LogP contribution in [0.4, 0.5) is 0 Å². The number of hydrazone groups is 1. The third-order valence-corrected chi connectivity index (χ3v) is 3.34. The Labute approximate surface area is 150 Å². The first-order chi connectivity index (χ1) is 12.1. The maximum absolute atomic E-state index is 11.9. The second-order valence-electron chi connectivity index (χ2n) is 4.96. The standard InChI is InChI=1S/C18H18ClN3O3/c1-2-25-16-9-4-3-6-14(16)11-21-22-17(23)12-20-18(24)13-7-5-8-15(19)10-13/h3-11H,2,12H2,1H3,(H,20,24)(H,22,23). The molecule has 0 saturated heterocycles. The number of rotatable bonds is 7. The van der Waals surface area contributed by atoms with Gasteiger partial charge in [0.25, 0.3) is 11.8 Å². The summed E-state index contributed by atoms with van der Waals surface area (Å²) in [5.41, 5.74) is 3.48. The molecule has 25 heavy (non-hydrogen) atoms. The molecule has 0 bridgehead atoms. The lowest BCUT2D eigenvalue weighted by Gasteiger charge is -2.06. The zero-order chi connectivity index (χ0) is 18.1. The molecular weight excluding hydrogens is 342 g/mol. The largest absolute Gasteiger partial charge is 0.493 e. The van der Waals surface area contributed by atoms with E-state index in [9.17, 15) is 9.59 Å². The Kier molecular flexibility index (Phi) is 6.98. The molecule has 7 heteroatoms. The average molecular weight is 360 g/mol. The Morgan fingerprint density at radius 1 is 1.20 bits per heavy atom. The molecule has 0 aromatic heterocycles. The molecule has 0 aliphatic carbocycles. The highest BCUT2D eigenvalue weighted by atomic mass is 35.5. The van der Waals surface area contributed by atoms with Gasteiger partial charge in [-0.3, -0.25) is 9.59 Å². The van der Waals surface area contributed by atoms with Gasteiger partial charge in [-0.1, -0.05) is 29.8 Å². The molecule has 0 saturated carbocycles. The Bertz CT molecular complexity index is 778. The van der Waals surface area contributed by atoms with Crippen LogP contribution in [0.3, 0.4) is 0 Å². The molecule has 6 nitrogen and oxygen atoms in total. The van der Waals surface area contributed by atoms with Gasteiger partial charge in [-0.05, 0) is 37.3 Å². The first-order valence-electron chi connectivity index (χ1n) is 7.67. The molecule has 130 valence electrons. The minimum Gasteiger partial charge on any atom is -0.493 e. The molecule has 0 aliphatic rings. The fourth-order valence-electron chi connectivity index (χ4n) is 1.98. The Balaban J connectivity index is 1.84. The normalized spacial score (nSPS) is 10.5. The summed E-state index contributed by atoms with van der Waals surface area (Å²) in [5, 5.41) is 6.82. The molecule has 2 rings (SSSR count). The highest BCUT2D eigenvalue weighted by Gasteiger charge is 2.08. The minimum atomic E-state index is -0.444. The predicted molar refractivity (Wildman–Crippen MR) is 97.1 cm³/mol. The number of para-hydroxylation sites is 1. The fraction of sp³-hybridized carbons (Fsp3) is 0.167. The van der Waals surface area contributed by atoms with Crippen LogP contribution in [0.2, 0.25) is 5.02 Å². The van der Waals surface area contributed by atoms with Gasteiger partial charge in [0.15, 0.2) is 0 Å². The molecule has 0 heterocycles. The van der Waals surface area contributed by atoms with E-state index < -0.39 is 5.91 Å². The van der Waals surface area contributed by atoms with E-state index in [1.54, 1.807) is 18.2 Å². The van der Waals surface area contributed by atoms with E-state index in [-0.39, 0.29) is 12.5 Å². The van der Waals surface area contributed by atoms with E-state index in [0.717, 1.165) is 5.56 Å². The molecule has 0 atom stereocenters. The number of hydrogen-bond acceptors (Lipinski definition) is 4. The average Bonchev–Trinajstić information content (AvgIpc) is 2.61. The van der Waals surface area contributed by atoms with Gasteiger partial charge in [0, 0.05) is 16.1 Å². The van der Waals surface area contributed by atoms with Gasteiger partial charge in [0.1, 0.15) is 5.75 Å². The third kappa shape index (κ3) is 5.93. The zero-order valence-electron chi connectivity index (χ0n) is 13.7. The summed E-state index contributed by atoms with van der Waals surface area (Å²) in [6.07, 6.45) is 1.49. The number of carbonyl (C=O) groups is 2. The highest BCUT2D eigenvalue weighted by Crippen LogP contribution is 2.15. The number of amides is 2. The molecule has 2 aromatic carbocycles. The van der Waals surface area contributed by atoms with Crippen molar-refractivity contribution in [3.63, 3.8) is 0 Å². The predicted octanol–water partition coefficient (Wildman–Crippen LogP) is 2.62. The van der Waals surface area contributed by atoms with E-state index in [0.29, 0.717) is 22.9 Å². The van der Waals surface area contributed by atoms with Crippen LogP contribution in [-0.4, -0.2) is 31.2 Å². The monoisotopic (exact) mass is 359 g/mol. The summed E-state index contributed by atoms with van der Waals surface area (Å²) in [5.74, 6) is -0.152. The van der Waals surface area contributed by atoms with Crippen molar-refractivity contribution in [3.05, 3.63) is 64.7 Å². The molecule has 0 fully saturated rings. The third-order valence-electron chi connectivity index (χ3n) is 3.11. The summed E-state index contributed by atoms with van der Waals surface area (Å²) in [4.78, 5) is 23.7. The fourth-order valence-corrected chi connectivity index (χ4v) is 2.17. The van der Waals surface area contributed by atoms with Gasteiger partial charge < -0.3 is 10.1 Å². The maximum Gasteiger partial charge on any atom is 0.259 e. The summed E-state index contributed by atoms with van der Waals surface area (Å²) in [6.45, 7) is 2.22. The van der Waals surface area contributed by atoms with Gasteiger partial charge >= 0.3 is 0 Å². The van der Waals surface area contributed by atoms with Crippen molar-refractivity contribution in [3.8, 4) is 5.75 Å². The van der Waals surface area contributed by atoms with Crippen molar-refractivity contribution in [1.29, 1.82) is 0 Å². The van der Waals surface area contributed by atoms with Gasteiger partial charge in [0.05, 0.1) is 19.4 Å². The summed E-state index contributed by atoms with van der Waals surface area (Å²) in [6, 6.07) is 13.8. The second-order valence-corrected chi connectivity index (χ2v) is 5.39. The highest BCUT2D eigenvalue weighted by molar-refractivity contribution is 6.30. The molecular formula is C18H18ClN3O3. The van der Waals surface area contributed by atoms with Crippen LogP contribution in [0.1, 0.15) is 22.8 Å². The summed E-state index contributed by atoms with van der Waals surface area (Å²) < 4.78 is 5.46. The van der Waals surface area contributed by atoms with Crippen molar-refractivity contribution in [2.45, 2.75) is 6.92 Å². The molecule has 2 N–H and O–H groups in total. The number of nitrogens with zero attached hydrogens (tertiary/aromatic N) is 1. The van der Waals surface area contributed by atoms with Gasteiger partial charge in [-0.2, -0.15) is 5.10 Å². The van der Waals surface area contributed by atoms with Crippen molar-refractivity contribution >= 4 is 29.6 Å². The molecule has 2 aromatic rings. The van der Waals surface area contributed by atoms with Crippen LogP contribution in [0.25, 0.3) is 0 Å². The second kappa shape index (κ2) is 9.44. The smallest absolute Gasteiger partial charge is 0.259 e. The number of nitrogens with one attached hydrogen (secondary N) is 2. The van der Waals surface area contributed by atoms with Crippen LogP contribution in [0.5, 0.6) is 5.75 Å². The number of carbonyl (C=O) groups excluding carboxylic acids is 2. The Morgan fingerprint density at radius 2 is 2.00 bits per heavy atom. The topological polar surface area (TPSA) is 79.8 Å². The molecule has 0 spiro atoms. The van der Waals surface area contributed by atoms with Crippen LogP contribution < -0.4 is 15.5 Å². The quantitative estimate of drug-likeness (QED) is 0.589. The van der Waals surface area contributed by atoms with Crippen LogP contribution in [0, 0.1) is 0 Å². The van der Waals surface area contributed by atoms with Gasteiger partial charge in [-0.25, -0.2) is 5.43 Å². The number of ether oxygens (including phenoxy) is 1. The lowest BCUT2D eigenvalue weighted by molar-refractivity contribution is -0.120. The van der Waals surface area contributed by atoms with Crippen LogP contribution in [-0.2, 0) is 4.79 Å². The molecule has 0 unspecified atom stereocenters. The van der Waals surface area contributed by atoms with Crippen molar-refractivity contribution in [2.75, 3.05) is 13.2 Å². The van der Waals surface area contributed by atoms with Crippen molar-refractivity contribution < 1.29 is 14.3 Å². The summed E-state index contributed by atoms with van der Waals surface area (Å²) in [7, 11) is 0. The summed E-state index contributed by atoms with van der Waals surface area (Å²) >= 11 is 5.82. The van der Waals surface area contributed by atoms with E-state index in [1.807, 2.05) is 31.2 Å². The first kappa shape index (κ1) is 18.5. The Hall–Kier alpha value is -2.86.